The Morgan fingerprint density at radius 3 is 2.53 bits per heavy atom. The monoisotopic (exact) mass is 284 g/mol. The summed E-state index contributed by atoms with van der Waals surface area (Å²) in [6.07, 6.45) is 3.45. The molecule has 1 atom stereocenters. The molecule has 0 saturated carbocycles. The van der Waals surface area contributed by atoms with Gasteiger partial charge in [0.1, 0.15) is 17.3 Å². The summed E-state index contributed by atoms with van der Waals surface area (Å²) < 4.78 is 0. The zero-order valence-corrected chi connectivity index (χ0v) is 13.3. The predicted molar refractivity (Wildman–Crippen MR) is 81.8 cm³/mol. The molecule has 0 aliphatic rings. The molecule has 1 aromatic heterocycles. The van der Waals surface area contributed by atoms with E-state index in [1.807, 2.05) is 0 Å². The third-order valence-corrected chi connectivity index (χ3v) is 3.41. The smallest absolute Gasteiger partial charge is 0.137 e. The highest BCUT2D eigenvalue weighted by Crippen LogP contribution is 2.23. The van der Waals surface area contributed by atoms with Crippen LogP contribution in [0.15, 0.2) is 6.33 Å². The molecular weight excluding hydrogens is 260 g/mol. The summed E-state index contributed by atoms with van der Waals surface area (Å²) in [5, 5.41) is 4.09. The third-order valence-electron chi connectivity index (χ3n) is 3.08. The van der Waals surface area contributed by atoms with Crippen molar-refractivity contribution in [3.8, 4) is 0 Å². The molecule has 0 aromatic carbocycles. The minimum atomic E-state index is 0.344. The Bertz CT molecular complexity index is 393. The summed E-state index contributed by atoms with van der Waals surface area (Å²) in [5.41, 5.74) is 1.02. The van der Waals surface area contributed by atoms with E-state index in [9.17, 15) is 0 Å². The predicted octanol–water partition coefficient (Wildman–Crippen LogP) is 3.08. The maximum atomic E-state index is 6.18. The Hall–Kier alpha value is -0.870. The molecular formula is C14H25ClN4. The minimum Gasteiger partial charge on any atom is -0.365 e. The average Bonchev–Trinajstić information content (AvgIpc) is 2.32. The fourth-order valence-corrected chi connectivity index (χ4v) is 2.21. The minimum absolute atomic E-state index is 0.344. The van der Waals surface area contributed by atoms with Crippen LogP contribution in [0.1, 0.15) is 32.8 Å². The van der Waals surface area contributed by atoms with Crippen molar-refractivity contribution in [1.29, 1.82) is 0 Å². The molecule has 1 aromatic rings. The van der Waals surface area contributed by atoms with Crippen LogP contribution in [0.25, 0.3) is 0 Å². The van der Waals surface area contributed by atoms with Crippen molar-refractivity contribution >= 4 is 17.4 Å². The summed E-state index contributed by atoms with van der Waals surface area (Å²) in [7, 11) is 4.16. The van der Waals surface area contributed by atoms with Gasteiger partial charge in [0.25, 0.3) is 0 Å². The van der Waals surface area contributed by atoms with Crippen LogP contribution in [0.5, 0.6) is 0 Å². The second-order valence-electron chi connectivity index (χ2n) is 5.50. The second kappa shape index (κ2) is 7.65. The van der Waals surface area contributed by atoms with E-state index in [2.05, 4.69) is 55.1 Å². The highest BCUT2D eigenvalue weighted by atomic mass is 35.5. The molecule has 4 nitrogen and oxygen atoms in total. The van der Waals surface area contributed by atoms with E-state index in [0.29, 0.717) is 17.1 Å². The summed E-state index contributed by atoms with van der Waals surface area (Å²) in [6, 6.07) is 0.344. The third kappa shape index (κ3) is 4.96. The number of hydrogen-bond acceptors (Lipinski definition) is 4. The zero-order valence-electron chi connectivity index (χ0n) is 12.6. The first-order valence-electron chi connectivity index (χ1n) is 6.86. The first-order valence-corrected chi connectivity index (χ1v) is 7.24. The molecule has 19 heavy (non-hydrogen) atoms. The second-order valence-corrected chi connectivity index (χ2v) is 5.86. The van der Waals surface area contributed by atoms with Gasteiger partial charge in [-0.3, -0.25) is 0 Å². The fourth-order valence-electron chi connectivity index (χ4n) is 1.98. The number of anilines is 1. The number of halogens is 1. The van der Waals surface area contributed by atoms with Gasteiger partial charge in [-0.05, 0) is 26.4 Å². The van der Waals surface area contributed by atoms with E-state index in [0.717, 1.165) is 30.8 Å². The molecule has 1 heterocycles. The number of hydrogen-bond donors (Lipinski definition) is 1. The van der Waals surface area contributed by atoms with Crippen molar-refractivity contribution in [2.45, 2.75) is 39.7 Å². The number of nitrogens with zero attached hydrogens (tertiary/aromatic N) is 3. The Balaban J connectivity index is 2.92. The van der Waals surface area contributed by atoms with Crippen molar-refractivity contribution in [3.63, 3.8) is 0 Å². The highest BCUT2D eigenvalue weighted by molar-refractivity contribution is 6.30. The molecule has 108 valence electrons. The molecule has 0 radical (unpaired) electrons. The van der Waals surface area contributed by atoms with Gasteiger partial charge in [0.15, 0.2) is 0 Å². The molecule has 1 rings (SSSR count). The molecule has 0 aliphatic carbocycles. The van der Waals surface area contributed by atoms with Gasteiger partial charge in [-0.2, -0.15) is 0 Å². The van der Waals surface area contributed by atoms with Crippen LogP contribution in [0, 0.1) is 5.92 Å². The number of likely N-dealkylation sites (N-methyl/N-ethyl adjacent to an activating group) is 1. The van der Waals surface area contributed by atoms with E-state index >= 15 is 0 Å². The molecule has 0 spiro atoms. The molecule has 0 amide bonds. The highest BCUT2D eigenvalue weighted by Gasteiger charge is 2.17. The van der Waals surface area contributed by atoms with Gasteiger partial charge in [-0.25, -0.2) is 9.97 Å². The van der Waals surface area contributed by atoms with Crippen LogP contribution >= 0.6 is 11.6 Å². The normalized spacial score (nSPS) is 13.1. The van der Waals surface area contributed by atoms with E-state index in [4.69, 9.17) is 11.6 Å². The molecule has 1 unspecified atom stereocenters. The Morgan fingerprint density at radius 2 is 2.00 bits per heavy atom. The van der Waals surface area contributed by atoms with Gasteiger partial charge >= 0.3 is 0 Å². The summed E-state index contributed by atoms with van der Waals surface area (Å²) in [5.74, 6) is 1.40. The Labute approximate surface area is 121 Å². The number of nitrogens with one attached hydrogen (secondary N) is 1. The summed E-state index contributed by atoms with van der Waals surface area (Å²) >= 11 is 6.18. The van der Waals surface area contributed by atoms with Crippen LogP contribution in [-0.2, 0) is 6.42 Å². The van der Waals surface area contributed by atoms with Crippen molar-refractivity contribution in [3.05, 3.63) is 17.0 Å². The van der Waals surface area contributed by atoms with Crippen molar-refractivity contribution in [1.82, 2.24) is 14.9 Å². The van der Waals surface area contributed by atoms with E-state index in [1.54, 1.807) is 0 Å². The first-order chi connectivity index (χ1) is 8.95. The van der Waals surface area contributed by atoms with E-state index in [1.165, 1.54) is 6.33 Å². The van der Waals surface area contributed by atoms with E-state index in [-0.39, 0.29) is 0 Å². The van der Waals surface area contributed by atoms with E-state index < -0.39 is 0 Å². The molecule has 0 fully saturated rings. The van der Waals surface area contributed by atoms with Crippen molar-refractivity contribution < 1.29 is 0 Å². The topological polar surface area (TPSA) is 41.1 Å². The van der Waals surface area contributed by atoms with Crippen LogP contribution in [0.4, 0.5) is 5.82 Å². The molecule has 0 bridgehead atoms. The largest absolute Gasteiger partial charge is 0.365 e. The van der Waals surface area contributed by atoms with Gasteiger partial charge in [0.05, 0.1) is 0 Å². The maximum Gasteiger partial charge on any atom is 0.137 e. The summed E-state index contributed by atoms with van der Waals surface area (Å²) in [6.45, 7) is 7.52. The van der Waals surface area contributed by atoms with Gasteiger partial charge in [0, 0.05) is 18.2 Å². The van der Waals surface area contributed by atoms with Crippen LogP contribution in [-0.4, -0.2) is 41.5 Å². The fraction of sp³-hybridized carbons (Fsp3) is 0.714. The average molecular weight is 285 g/mol. The number of aromatic nitrogens is 2. The molecule has 0 aliphatic heterocycles. The zero-order chi connectivity index (χ0) is 14.4. The van der Waals surface area contributed by atoms with Crippen molar-refractivity contribution in [2.24, 2.45) is 5.92 Å². The standard InChI is InChI=1S/C14H25ClN4/c1-6-7-11-13(15)16-9-17-14(11)18-12(10(2)3)8-19(4)5/h9-10,12H,6-8H2,1-5H3,(H,16,17,18). The van der Waals surface area contributed by atoms with Crippen LogP contribution in [0.2, 0.25) is 5.15 Å². The van der Waals surface area contributed by atoms with Gasteiger partial charge in [-0.1, -0.05) is 38.8 Å². The van der Waals surface area contributed by atoms with Gasteiger partial charge in [0.2, 0.25) is 0 Å². The lowest BCUT2D eigenvalue weighted by Crippen LogP contribution is -2.37. The lowest BCUT2D eigenvalue weighted by Gasteiger charge is -2.27. The van der Waals surface area contributed by atoms with Gasteiger partial charge in [-0.15, -0.1) is 0 Å². The quantitative estimate of drug-likeness (QED) is 0.781. The summed E-state index contributed by atoms with van der Waals surface area (Å²) in [4.78, 5) is 10.6. The molecule has 1 N–H and O–H groups in total. The first kappa shape index (κ1) is 16.2. The lowest BCUT2D eigenvalue weighted by atomic mass is 10.0. The Morgan fingerprint density at radius 1 is 1.32 bits per heavy atom. The number of rotatable bonds is 7. The molecule has 5 heteroatoms. The Kier molecular flexibility index (Phi) is 6.52. The molecule has 0 saturated heterocycles. The van der Waals surface area contributed by atoms with Crippen molar-refractivity contribution in [2.75, 3.05) is 26.0 Å². The van der Waals surface area contributed by atoms with Crippen LogP contribution in [0.3, 0.4) is 0 Å². The lowest BCUT2D eigenvalue weighted by molar-refractivity contribution is 0.344. The van der Waals surface area contributed by atoms with Gasteiger partial charge < -0.3 is 10.2 Å². The maximum absolute atomic E-state index is 6.18. The SMILES string of the molecule is CCCc1c(Cl)ncnc1NC(CN(C)C)C(C)C. The van der Waals surface area contributed by atoms with Crippen LogP contribution < -0.4 is 5.32 Å².